The van der Waals surface area contributed by atoms with Gasteiger partial charge in [0, 0.05) is 22.6 Å². The van der Waals surface area contributed by atoms with Crippen LogP contribution < -0.4 is 10.1 Å². The third kappa shape index (κ3) is 4.66. The minimum Gasteiger partial charge on any atom is -0.489 e. The van der Waals surface area contributed by atoms with Crippen LogP contribution >= 0.6 is 15.9 Å². The highest BCUT2D eigenvalue weighted by molar-refractivity contribution is 9.10. The summed E-state index contributed by atoms with van der Waals surface area (Å²) < 4.78 is 7.02. The van der Waals surface area contributed by atoms with Crippen LogP contribution in [0.1, 0.15) is 25.0 Å². The van der Waals surface area contributed by atoms with E-state index in [1.54, 1.807) is 0 Å². The first-order valence-corrected chi connectivity index (χ1v) is 7.63. The van der Waals surface area contributed by atoms with E-state index in [0.29, 0.717) is 12.6 Å². The second kappa shape index (κ2) is 7.46. The summed E-state index contributed by atoms with van der Waals surface area (Å²) in [6.07, 6.45) is 0. The van der Waals surface area contributed by atoms with Gasteiger partial charge >= 0.3 is 0 Å². The molecule has 0 fully saturated rings. The summed E-state index contributed by atoms with van der Waals surface area (Å²) in [6, 6.07) is 16.8. The number of hydrogen-bond acceptors (Lipinski definition) is 2. The first-order valence-electron chi connectivity index (χ1n) is 6.83. The van der Waals surface area contributed by atoms with Gasteiger partial charge in [-0.05, 0) is 23.8 Å². The van der Waals surface area contributed by atoms with Crippen LogP contribution in [0.3, 0.4) is 0 Å². The number of halogens is 1. The van der Waals surface area contributed by atoms with Crippen LogP contribution in [0.4, 0.5) is 0 Å². The van der Waals surface area contributed by atoms with Crippen molar-refractivity contribution >= 4 is 15.9 Å². The Hall–Kier alpha value is -1.32. The lowest BCUT2D eigenvalue weighted by Gasteiger charge is -2.14. The van der Waals surface area contributed by atoms with Crippen LogP contribution in [0, 0.1) is 0 Å². The van der Waals surface area contributed by atoms with Crippen molar-refractivity contribution in [3.8, 4) is 5.75 Å². The first-order chi connectivity index (χ1) is 9.65. The lowest BCUT2D eigenvalue weighted by Crippen LogP contribution is -2.22. The predicted molar refractivity (Wildman–Crippen MR) is 86.9 cm³/mol. The van der Waals surface area contributed by atoms with E-state index < -0.39 is 0 Å². The van der Waals surface area contributed by atoms with Crippen molar-refractivity contribution in [3.63, 3.8) is 0 Å². The molecule has 0 heterocycles. The fourth-order valence-electron chi connectivity index (χ4n) is 1.88. The van der Waals surface area contributed by atoms with E-state index in [9.17, 15) is 0 Å². The second-order valence-corrected chi connectivity index (χ2v) is 5.98. The van der Waals surface area contributed by atoms with Gasteiger partial charge in [-0.15, -0.1) is 0 Å². The Balaban J connectivity index is 2.06. The summed E-state index contributed by atoms with van der Waals surface area (Å²) >= 11 is 3.52. The molecule has 0 unspecified atom stereocenters. The van der Waals surface area contributed by atoms with Gasteiger partial charge in [0.2, 0.25) is 0 Å². The standard InChI is InChI=1S/C17H20BrNO/c1-13(2)19-11-15-10-16(18)8-9-17(15)20-12-14-6-4-3-5-7-14/h3-10,13,19H,11-12H2,1-2H3. The molecule has 2 nitrogen and oxygen atoms in total. The van der Waals surface area contributed by atoms with Gasteiger partial charge in [0.25, 0.3) is 0 Å². The van der Waals surface area contributed by atoms with Gasteiger partial charge in [0.05, 0.1) is 0 Å². The van der Waals surface area contributed by atoms with Crippen molar-refractivity contribution in [1.29, 1.82) is 0 Å². The molecule has 0 aliphatic rings. The maximum Gasteiger partial charge on any atom is 0.124 e. The highest BCUT2D eigenvalue weighted by Gasteiger charge is 2.06. The van der Waals surface area contributed by atoms with Crippen molar-refractivity contribution in [2.24, 2.45) is 0 Å². The van der Waals surface area contributed by atoms with E-state index in [-0.39, 0.29) is 0 Å². The van der Waals surface area contributed by atoms with Gasteiger partial charge < -0.3 is 10.1 Å². The van der Waals surface area contributed by atoms with E-state index in [2.05, 4.69) is 53.3 Å². The molecule has 20 heavy (non-hydrogen) atoms. The molecular weight excluding hydrogens is 314 g/mol. The Bertz CT molecular complexity index is 540. The fourth-order valence-corrected chi connectivity index (χ4v) is 2.28. The summed E-state index contributed by atoms with van der Waals surface area (Å²) in [5.74, 6) is 0.935. The average Bonchev–Trinajstić information content (AvgIpc) is 2.45. The number of ether oxygens (including phenoxy) is 1. The van der Waals surface area contributed by atoms with Gasteiger partial charge in [0.15, 0.2) is 0 Å². The highest BCUT2D eigenvalue weighted by atomic mass is 79.9. The number of nitrogens with one attached hydrogen (secondary N) is 1. The molecule has 1 N–H and O–H groups in total. The minimum absolute atomic E-state index is 0.455. The summed E-state index contributed by atoms with van der Waals surface area (Å²) in [6.45, 7) is 5.68. The summed E-state index contributed by atoms with van der Waals surface area (Å²) in [4.78, 5) is 0. The average molecular weight is 334 g/mol. The molecule has 2 aromatic carbocycles. The molecule has 0 saturated heterocycles. The maximum absolute atomic E-state index is 5.95. The highest BCUT2D eigenvalue weighted by Crippen LogP contribution is 2.24. The van der Waals surface area contributed by atoms with Gasteiger partial charge in [-0.2, -0.15) is 0 Å². The maximum atomic E-state index is 5.95. The Labute approximate surface area is 129 Å². The van der Waals surface area contributed by atoms with Crippen LogP contribution in [0.15, 0.2) is 53.0 Å². The normalized spacial score (nSPS) is 10.8. The van der Waals surface area contributed by atoms with Crippen LogP contribution in [0.5, 0.6) is 5.75 Å². The van der Waals surface area contributed by atoms with Crippen molar-refractivity contribution in [1.82, 2.24) is 5.32 Å². The van der Waals surface area contributed by atoms with Crippen LogP contribution in [0.25, 0.3) is 0 Å². The topological polar surface area (TPSA) is 21.3 Å². The largest absolute Gasteiger partial charge is 0.489 e. The predicted octanol–water partition coefficient (Wildman–Crippen LogP) is 4.53. The third-order valence-electron chi connectivity index (χ3n) is 2.96. The summed E-state index contributed by atoms with van der Waals surface area (Å²) in [5, 5.41) is 3.43. The molecule has 0 spiro atoms. The fraction of sp³-hybridized carbons (Fsp3) is 0.294. The zero-order valence-corrected chi connectivity index (χ0v) is 13.5. The molecule has 3 heteroatoms. The molecule has 0 aromatic heterocycles. The van der Waals surface area contributed by atoms with Gasteiger partial charge in [-0.1, -0.05) is 60.1 Å². The van der Waals surface area contributed by atoms with Crippen molar-refractivity contribution in [3.05, 3.63) is 64.1 Å². The Kier molecular flexibility index (Phi) is 5.62. The SMILES string of the molecule is CC(C)NCc1cc(Br)ccc1OCc1ccccc1. The van der Waals surface area contributed by atoms with E-state index >= 15 is 0 Å². The number of benzene rings is 2. The second-order valence-electron chi connectivity index (χ2n) is 5.06. The number of rotatable bonds is 6. The molecule has 0 aliphatic heterocycles. The molecule has 0 radical (unpaired) electrons. The molecule has 2 rings (SSSR count). The van der Waals surface area contributed by atoms with E-state index in [1.165, 1.54) is 11.1 Å². The molecule has 0 saturated carbocycles. The summed E-state index contributed by atoms with van der Waals surface area (Å²) in [7, 11) is 0. The zero-order valence-electron chi connectivity index (χ0n) is 11.9. The lowest BCUT2D eigenvalue weighted by molar-refractivity contribution is 0.301. The molecule has 0 atom stereocenters. The lowest BCUT2D eigenvalue weighted by atomic mass is 10.2. The van der Waals surface area contributed by atoms with E-state index in [1.807, 2.05) is 30.3 Å². The minimum atomic E-state index is 0.455. The van der Waals surface area contributed by atoms with E-state index in [4.69, 9.17) is 4.74 Å². The molecule has 106 valence electrons. The monoisotopic (exact) mass is 333 g/mol. The third-order valence-corrected chi connectivity index (χ3v) is 3.45. The Morgan fingerprint density at radius 1 is 1.10 bits per heavy atom. The molecule has 0 aliphatic carbocycles. The van der Waals surface area contributed by atoms with Crippen LogP contribution in [0.2, 0.25) is 0 Å². The summed E-state index contributed by atoms with van der Waals surface area (Å²) in [5.41, 5.74) is 2.35. The van der Waals surface area contributed by atoms with Gasteiger partial charge in [-0.3, -0.25) is 0 Å². The van der Waals surface area contributed by atoms with Crippen molar-refractivity contribution < 1.29 is 4.74 Å². The first kappa shape index (κ1) is 15.1. The smallest absolute Gasteiger partial charge is 0.124 e. The van der Waals surface area contributed by atoms with Crippen LogP contribution in [-0.4, -0.2) is 6.04 Å². The Morgan fingerprint density at radius 3 is 2.55 bits per heavy atom. The molecule has 2 aromatic rings. The quantitative estimate of drug-likeness (QED) is 0.838. The zero-order chi connectivity index (χ0) is 14.4. The van der Waals surface area contributed by atoms with Crippen molar-refractivity contribution in [2.75, 3.05) is 0 Å². The van der Waals surface area contributed by atoms with E-state index in [0.717, 1.165) is 16.8 Å². The van der Waals surface area contributed by atoms with Gasteiger partial charge in [0.1, 0.15) is 12.4 Å². The van der Waals surface area contributed by atoms with Crippen LogP contribution in [-0.2, 0) is 13.2 Å². The molecule has 0 amide bonds. The molecular formula is C17H20BrNO. The van der Waals surface area contributed by atoms with Gasteiger partial charge in [-0.25, -0.2) is 0 Å². The Morgan fingerprint density at radius 2 is 1.85 bits per heavy atom. The van der Waals surface area contributed by atoms with Crippen molar-refractivity contribution in [2.45, 2.75) is 33.0 Å². The molecule has 0 bridgehead atoms. The number of hydrogen-bond donors (Lipinski definition) is 1.